The molecule has 20 heavy (non-hydrogen) atoms. The van der Waals surface area contributed by atoms with Crippen LogP contribution in [0.25, 0.3) is 0 Å². The van der Waals surface area contributed by atoms with Crippen LogP contribution in [0, 0.1) is 6.92 Å². The van der Waals surface area contributed by atoms with E-state index in [1.807, 2.05) is 36.1 Å². The quantitative estimate of drug-likeness (QED) is 0.851. The third-order valence-corrected chi connectivity index (χ3v) is 4.44. The highest BCUT2D eigenvalue weighted by Crippen LogP contribution is 2.38. The molecule has 0 aromatic heterocycles. The topological polar surface area (TPSA) is 41.6 Å². The van der Waals surface area contributed by atoms with Gasteiger partial charge in [-0.1, -0.05) is 24.6 Å². The van der Waals surface area contributed by atoms with Crippen molar-refractivity contribution in [3.63, 3.8) is 0 Å². The minimum atomic E-state index is -0.342. The highest BCUT2D eigenvalue weighted by Gasteiger charge is 2.45. The van der Waals surface area contributed by atoms with Crippen molar-refractivity contribution < 1.29 is 9.53 Å². The summed E-state index contributed by atoms with van der Waals surface area (Å²) in [6, 6.07) is 7.84. The minimum absolute atomic E-state index is 0.0290. The maximum Gasteiger partial charge on any atom is 0.324 e. The summed E-state index contributed by atoms with van der Waals surface area (Å²) in [6.07, 6.45) is 5.48. The van der Waals surface area contributed by atoms with Crippen molar-refractivity contribution in [1.29, 1.82) is 0 Å². The molecule has 0 atom stereocenters. The summed E-state index contributed by atoms with van der Waals surface area (Å²) in [5.41, 5.74) is 1.62. The first-order valence-electron chi connectivity index (χ1n) is 7.49. The molecule has 0 bridgehead atoms. The Morgan fingerprint density at radius 2 is 2.00 bits per heavy atom. The van der Waals surface area contributed by atoms with Gasteiger partial charge >= 0.3 is 6.03 Å². The number of benzene rings is 1. The first-order chi connectivity index (χ1) is 9.71. The van der Waals surface area contributed by atoms with Crippen LogP contribution in [-0.4, -0.2) is 29.8 Å². The summed E-state index contributed by atoms with van der Waals surface area (Å²) in [5.74, 6) is 0. The molecule has 1 saturated heterocycles. The van der Waals surface area contributed by atoms with Gasteiger partial charge in [0.25, 0.3) is 0 Å². The van der Waals surface area contributed by atoms with E-state index >= 15 is 0 Å². The van der Waals surface area contributed by atoms with Gasteiger partial charge in [-0.05, 0) is 44.2 Å². The highest BCUT2D eigenvalue weighted by molar-refractivity contribution is 5.90. The van der Waals surface area contributed by atoms with Crippen LogP contribution in [0.4, 0.5) is 10.5 Å². The number of rotatable bonds is 1. The molecule has 108 valence electrons. The monoisotopic (exact) mass is 274 g/mol. The number of para-hydroxylation sites is 1. The van der Waals surface area contributed by atoms with Gasteiger partial charge < -0.3 is 10.1 Å². The van der Waals surface area contributed by atoms with Gasteiger partial charge in [0, 0.05) is 12.2 Å². The van der Waals surface area contributed by atoms with Gasteiger partial charge in [0.2, 0.25) is 0 Å². The minimum Gasteiger partial charge on any atom is -0.354 e. The number of ether oxygens (including phenoxy) is 1. The zero-order valence-corrected chi connectivity index (χ0v) is 12.0. The second kappa shape index (κ2) is 5.44. The van der Waals surface area contributed by atoms with Gasteiger partial charge in [-0.3, -0.25) is 4.90 Å². The van der Waals surface area contributed by atoms with Crippen LogP contribution in [0.3, 0.4) is 0 Å². The molecule has 1 aliphatic heterocycles. The van der Waals surface area contributed by atoms with E-state index in [4.69, 9.17) is 4.74 Å². The van der Waals surface area contributed by atoms with Crippen LogP contribution in [0.2, 0.25) is 0 Å². The summed E-state index contributed by atoms with van der Waals surface area (Å²) in [4.78, 5) is 14.5. The number of carbonyl (C=O) groups is 1. The molecule has 1 aliphatic carbocycles. The SMILES string of the molecule is Cc1ccccc1NC(=O)N1CCOC12CCCCC2. The summed E-state index contributed by atoms with van der Waals surface area (Å²) in [6.45, 7) is 3.35. The van der Waals surface area contributed by atoms with Gasteiger partial charge in [-0.2, -0.15) is 0 Å². The lowest BCUT2D eigenvalue weighted by Crippen LogP contribution is -2.51. The van der Waals surface area contributed by atoms with E-state index < -0.39 is 0 Å². The van der Waals surface area contributed by atoms with E-state index in [-0.39, 0.29) is 11.8 Å². The summed E-state index contributed by atoms with van der Waals surface area (Å²) < 4.78 is 5.95. The van der Waals surface area contributed by atoms with Crippen molar-refractivity contribution >= 4 is 11.7 Å². The van der Waals surface area contributed by atoms with Crippen molar-refractivity contribution in [3.8, 4) is 0 Å². The zero-order valence-electron chi connectivity index (χ0n) is 12.0. The second-order valence-electron chi connectivity index (χ2n) is 5.75. The standard InChI is InChI=1S/C16H22N2O2/c1-13-7-3-4-8-14(13)17-15(19)18-11-12-20-16(18)9-5-2-6-10-16/h3-4,7-8H,2,5-6,9-12H2,1H3,(H,17,19). The molecule has 1 saturated carbocycles. The lowest BCUT2D eigenvalue weighted by Gasteiger charge is -2.39. The number of hydrogen-bond donors (Lipinski definition) is 1. The Bertz CT molecular complexity index is 495. The van der Waals surface area contributed by atoms with Crippen molar-refractivity contribution in [1.82, 2.24) is 4.90 Å². The lowest BCUT2D eigenvalue weighted by molar-refractivity contribution is -0.0867. The van der Waals surface area contributed by atoms with E-state index in [1.165, 1.54) is 6.42 Å². The van der Waals surface area contributed by atoms with Crippen molar-refractivity contribution in [2.75, 3.05) is 18.5 Å². The second-order valence-corrected chi connectivity index (χ2v) is 5.75. The van der Waals surface area contributed by atoms with E-state index in [1.54, 1.807) is 0 Å². The van der Waals surface area contributed by atoms with Crippen LogP contribution in [0.15, 0.2) is 24.3 Å². The normalized spacial score (nSPS) is 21.1. The Balaban J connectivity index is 1.75. The smallest absolute Gasteiger partial charge is 0.324 e. The molecule has 1 aromatic rings. The Kier molecular flexibility index (Phi) is 3.66. The third kappa shape index (κ3) is 2.40. The average Bonchev–Trinajstić information content (AvgIpc) is 2.85. The van der Waals surface area contributed by atoms with Crippen molar-refractivity contribution in [2.24, 2.45) is 0 Å². The Morgan fingerprint density at radius 3 is 2.75 bits per heavy atom. The molecule has 3 rings (SSSR count). The molecule has 1 heterocycles. The van der Waals surface area contributed by atoms with E-state index in [9.17, 15) is 4.79 Å². The molecular weight excluding hydrogens is 252 g/mol. The predicted molar refractivity (Wildman–Crippen MR) is 78.7 cm³/mol. The van der Waals surface area contributed by atoms with Crippen molar-refractivity contribution in [2.45, 2.75) is 44.8 Å². The summed E-state index contributed by atoms with van der Waals surface area (Å²) in [5, 5.41) is 3.03. The number of carbonyl (C=O) groups excluding carboxylic acids is 1. The van der Waals surface area contributed by atoms with Gasteiger partial charge in [0.05, 0.1) is 6.61 Å². The van der Waals surface area contributed by atoms with Gasteiger partial charge in [0.1, 0.15) is 5.72 Å². The maximum absolute atomic E-state index is 12.6. The molecule has 1 aromatic carbocycles. The number of anilines is 1. The largest absolute Gasteiger partial charge is 0.354 e. The molecule has 4 nitrogen and oxygen atoms in total. The Hall–Kier alpha value is -1.55. The van der Waals surface area contributed by atoms with Crippen LogP contribution < -0.4 is 5.32 Å². The van der Waals surface area contributed by atoms with E-state index in [0.29, 0.717) is 13.2 Å². The van der Waals surface area contributed by atoms with Crippen LogP contribution in [0.5, 0.6) is 0 Å². The molecule has 0 radical (unpaired) electrons. The first kappa shape index (κ1) is 13.4. The molecule has 2 amide bonds. The molecule has 0 unspecified atom stereocenters. The molecule has 1 spiro atoms. The number of aryl methyl sites for hydroxylation is 1. The fraction of sp³-hybridized carbons (Fsp3) is 0.562. The van der Waals surface area contributed by atoms with Crippen LogP contribution in [-0.2, 0) is 4.74 Å². The van der Waals surface area contributed by atoms with Crippen molar-refractivity contribution in [3.05, 3.63) is 29.8 Å². The lowest BCUT2D eigenvalue weighted by atomic mass is 9.91. The third-order valence-electron chi connectivity index (χ3n) is 4.44. The Labute approximate surface area is 120 Å². The van der Waals surface area contributed by atoms with Gasteiger partial charge in [0.15, 0.2) is 0 Å². The van der Waals surface area contributed by atoms with Gasteiger partial charge in [-0.25, -0.2) is 4.79 Å². The molecule has 2 aliphatic rings. The molecule has 1 N–H and O–H groups in total. The molecule has 4 heteroatoms. The number of urea groups is 1. The first-order valence-corrected chi connectivity index (χ1v) is 7.49. The van der Waals surface area contributed by atoms with Crippen LogP contribution in [0.1, 0.15) is 37.7 Å². The fourth-order valence-electron chi connectivity index (χ4n) is 3.31. The number of hydrogen-bond acceptors (Lipinski definition) is 2. The Morgan fingerprint density at radius 1 is 1.25 bits per heavy atom. The summed E-state index contributed by atoms with van der Waals surface area (Å²) >= 11 is 0. The van der Waals surface area contributed by atoms with Crippen LogP contribution >= 0.6 is 0 Å². The molecule has 2 fully saturated rings. The zero-order chi connectivity index (χ0) is 14.0. The van der Waals surface area contributed by atoms with E-state index in [0.717, 1.165) is 36.9 Å². The number of nitrogens with zero attached hydrogens (tertiary/aromatic N) is 1. The molecular formula is C16H22N2O2. The number of amides is 2. The van der Waals surface area contributed by atoms with Gasteiger partial charge in [-0.15, -0.1) is 0 Å². The highest BCUT2D eigenvalue weighted by atomic mass is 16.5. The van der Waals surface area contributed by atoms with E-state index in [2.05, 4.69) is 5.32 Å². The average molecular weight is 274 g/mol. The summed E-state index contributed by atoms with van der Waals surface area (Å²) in [7, 11) is 0. The predicted octanol–water partition coefficient (Wildman–Crippen LogP) is 3.52. The fourth-order valence-corrected chi connectivity index (χ4v) is 3.31. The maximum atomic E-state index is 12.6. The number of nitrogens with one attached hydrogen (secondary N) is 1.